The Hall–Kier alpha value is -3.17. The molecule has 41 heavy (non-hydrogen) atoms. The van der Waals surface area contributed by atoms with Crippen molar-refractivity contribution in [2.75, 3.05) is 13.1 Å². The lowest BCUT2D eigenvalue weighted by Gasteiger charge is -2.37. The van der Waals surface area contributed by atoms with E-state index in [0.29, 0.717) is 13.0 Å². The van der Waals surface area contributed by atoms with E-state index in [2.05, 4.69) is 43.0 Å². The normalized spacial score (nSPS) is 24.7. The second kappa shape index (κ2) is 13.2. The maximum atomic E-state index is 14.2. The van der Waals surface area contributed by atoms with Crippen molar-refractivity contribution in [3.8, 4) is 0 Å². The Morgan fingerprint density at radius 1 is 1.02 bits per heavy atom. The minimum absolute atomic E-state index is 0.0621. The number of piperidine rings is 1. The third-order valence-corrected chi connectivity index (χ3v) is 8.74. The molecule has 10 heteroatoms. The first-order valence-corrected chi connectivity index (χ1v) is 14.9. The molecule has 5 atom stereocenters. The van der Waals surface area contributed by atoms with E-state index in [1.807, 2.05) is 0 Å². The largest absolute Gasteiger partial charge is 0.444 e. The molecule has 3 unspecified atom stereocenters. The summed E-state index contributed by atoms with van der Waals surface area (Å²) < 4.78 is 5.49. The first-order valence-electron chi connectivity index (χ1n) is 14.9. The lowest BCUT2D eigenvalue weighted by Crippen LogP contribution is -2.59. The summed E-state index contributed by atoms with van der Waals surface area (Å²) in [4.78, 5) is 67.8. The summed E-state index contributed by atoms with van der Waals surface area (Å²) in [5, 5.41) is 8.11. The van der Waals surface area contributed by atoms with Gasteiger partial charge in [0.25, 0.3) is 5.91 Å². The summed E-state index contributed by atoms with van der Waals surface area (Å²) in [5.41, 5.74) is -0.878. The molecule has 3 rings (SSSR count). The van der Waals surface area contributed by atoms with E-state index in [1.54, 1.807) is 31.7 Å². The number of hydrogen-bond acceptors (Lipinski definition) is 6. The van der Waals surface area contributed by atoms with Crippen molar-refractivity contribution in [1.29, 1.82) is 0 Å². The second-order valence-electron chi connectivity index (χ2n) is 13.2. The van der Waals surface area contributed by atoms with Crippen LogP contribution in [0.4, 0.5) is 4.79 Å². The van der Waals surface area contributed by atoms with Crippen molar-refractivity contribution >= 4 is 29.6 Å². The van der Waals surface area contributed by atoms with E-state index in [0.717, 1.165) is 32.1 Å². The van der Waals surface area contributed by atoms with Gasteiger partial charge in [-0.25, -0.2) is 4.79 Å². The zero-order valence-corrected chi connectivity index (χ0v) is 25.3. The van der Waals surface area contributed by atoms with E-state index in [9.17, 15) is 24.0 Å². The van der Waals surface area contributed by atoms with Crippen LogP contribution >= 0.6 is 0 Å². The van der Waals surface area contributed by atoms with Crippen LogP contribution in [0, 0.1) is 23.2 Å². The van der Waals surface area contributed by atoms with E-state index < -0.39 is 47.4 Å². The molecule has 0 aromatic rings. The van der Waals surface area contributed by atoms with E-state index in [-0.39, 0.29) is 42.0 Å². The Balaban J connectivity index is 1.85. The Bertz CT molecular complexity index is 1040. The van der Waals surface area contributed by atoms with Crippen LogP contribution in [-0.2, 0) is 23.9 Å². The first-order chi connectivity index (χ1) is 19.2. The Morgan fingerprint density at radius 2 is 1.68 bits per heavy atom. The molecule has 228 valence electrons. The van der Waals surface area contributed by atoms with Gasteiger partial charge in [-0.15, -0.1) is 13.2 Å². The van der Waals surface area contributed by atoms with Gasteiger partial charge in [0.15, 0.2) is 0 Å². The maximum Gasteiger partial charge on any atom is 0.408 e. The van der Waals surface area contributed by atoms with Gasteiger partial charge in [-0.1, -0.05) is 45.3 Å². The van der Waals surface area contributed by atoms with Gasteiger partial charge in [-0.05, 0) is 69.6 Å². The van der Waals surface area contributed by atoms with Crippen LogP contribution in [-0.4, -0.2) is 71.3 Å². The highest BCUT2D eigenvalue weighted by Crippen LogP contribution is 2.65. The Kier molecular flexibility index (Phi) is 10.4. The zero-order chi connectivity index (χ0) is 30.5. The molecule has 0 spiro atoms. The number of Topliss-reactive ketones (excluding diaryl/α,β-unsaturated/α-hetero) is 1. The highest BCUT2D eigenvalue weighted by molar-refractivity contribution is 6.38. The fourth-order valence-electron chi connectivity index (χ4n) is 6.50. The molecule has 3 aliphatic rings. The minimum atomic E-state index is -1.06. The molecule has 2 aliphatic carbocycles. The SMILES string of the molecule is C=CCCC(NC(=O)[C@@H]1C2C(CN1C(=O)[C@@H](NC(=O)OC(C)(C)C)C1CCCCC1)C2(C)C)C(=O)C(=O)NCC=C. The van der Waals surface area contributed by atoms with Crippen molar-refractivity contribution in [3.05, 3.63) is 25.3 Å². The summed E-state index contributed by atoms with van der Waals surface area (Å²) in [7, 11) is 0. The summed E-state index contributed by atoms with van der Waals surface area (Å²) >= 11 is 0. The summed E-state index contributed by atoms with van der Waals surface area (Å²) in [5.74, 6) is -2.36. The second-order valence-corrected chi connectivity index (χ2v) is 13.2. The van der Waals surface area contributed by atoms with Gasteiger partial charge < -0.3 is 25.6 Å². The number of ether oxygens (including phenoxy) is 1. The fraction of sp³-hybridized carbons (Fsp3) is 0.710. The van der Waals surface area contributed by atoms with E-state index in [1.165, 1.54) is 6.08 Å². The molecule has 2 saturated carbocycles. The lowest BCUT2D eigenvalue weighted by molar-refractivity contribution is -0.145. The number of carbonyl (C=O) groups excluding carboxylic acids is 5. The van der Waals surface area contributed by atoms with Crippen LogP contribution in [0.25, 0.3) is 0 Å². The van der Waals surface area contributed by atoms with E-state index in [4.69, 9.17) is 4.74 Å². The number of alkyl carbamates (subject to hydrolysis) is 1. The topological polar surface area (TPSA) is 134 Å². The molecular weight excluding hydrogens is 524 g/mol. The van der Waals surface area contributed by atoms with Crippen molar-refractivity contribution in [1.82, 2.24) is 20.9 Å². The van der Waals surface area contributed by atoms with Crippen molar-refractivity contribution in [2.45, 2.75) is 103 Å². The van der Waals surface area contributed by atoms with Crippen LogP contribution < -0.4 is 16.0 Å². The van der Waals surface area contributed by atoms with Crippen LogP contribution in [0.15, 0.2) is 25.3 Å². The van der Waals surface area contributed by atoms with Crippen LogP contribution in [0.3, 0.4) is 0 Å². The molecule has 4 amide bonds. The quantitative estimate of drug-likeness (QED) is 0.243. The van der Waals surface area contributed by atoms with Gasteiger partial charge in [-0.2, -0.15) is 0 Å². The fourth-order valence-corrected chi connectivity index (χ4v) is 6.50. The van der Waals surface area contributed by atoms with Gasteiger partial charge in [0.2, 0.25) is 17.6 Å². The highest BCUT2D eigenvalue weighted by Gasteiger charge is 2.69. The molecule has 0 aromatic heterocycles. The monoisotopic (exact) mass is 572 g/mol. The van der Waals surface area contributed by atoms with Gasteiger partial charge >= 0.3 is 6.09 Å². The molecule has 0 bridgehead atoms. The van der Waals surface area contributed by atoms with Gasteiger partial charge in [-0.3, -0.25) is 19.2 Å². The van der Waals surface area contributed by atoms with Crippen molar-refractivity contribution in [2.24, 2.45) is 23.2 Å². The number of fused-ring (bicyclic) bond motifs is 1. The number of nitrogens with one attached hydrogen (secondary N) is 3. The predicted molar refractivity (Wildman–Crippen MR) is 156 cm³/mol. The third kappa shape index (κ3) is 7.77. The standard InChI is InChI=1S/C31H48N4O6/c1-8-10-16-21(25(36)27(38)32-17-9-2)33-26(37)24-22-20(31(22,6)7)18-35(24)28(39)23(19-14-12-11-13-15-19)34-29(40)41-30(3,4)5/h8-9,19-24H,1-2,10-18H2,3-7H3,(H,32,38)(H,33,37)(H,34,40)/t20?,21?,22?,23-,24-/m0/s1. The first kappa shape index (κ1) is 32.3. The van der Waals surface area contributed by atoms with Crippen molar-refractivity contribution in [3.63, 3.8) is 0 Å². The van der Waals surface area contributed by atoms with Crippen LogP contribution in [0.2, 0.25) is 0 Å². The summed E-state index contributed by atoms with van der Waals surface area (Å²) in [6.45, 7) is 17.2. The molecule has 10 nitrogen and oxygen atoms in total. The molecule has 0 aromatic carbocycles. The zero-order valence-electron chi connectivity index (χ0n) is 25.3. The maximum absolute atomic E-state index is 14.2. The summed E-state index contributed by atoms with van der Waals surface area (Å²) in [6.07, 6.45) is 7.66. The number of ketones is 1. The number of rotatable bonds is 12. The predicted octanol–water partition coefficient (Wildman–Crippen LogP) is 3.27. The molecule has 1 aliphatic heterocycles. The molecule has 3 fully saturated rings. The number of amides is 4. The number of carbonyl (C=O) groups is 5. The average Bonchev–Trinajstić information content (AvgIpc) is 3.23. The van der Waals surface area contributed by atoms with Crippen LogP contribution in [0.1, 0.15) is 79.6 Å². The molecule has 1 heterocycles. The Labute approximate surface area is 244 Å². The molecule has 1 saturated heterocycles. The smallest absolute Gasteiger partial charge is 0.408 e. The molecule has 3 N–H and O–H groups in total. The average molecular weight is 573 g/mol. The minimum Gasteiger partial charge on any atom is -0.444 e. The lowest BCUT2D eigenvalue weighted by atomic mass is 9.83. The number of hydrogen-bond donors (Lipinski definition) is 3. The molecular formula is C31H48N4O6. The Morgan fingerprint density at radius 3 is 2.27 bits per heavy atom. The number of likely N-dealkylation sites (tertiary alicyclic amines) is 1. The highest BCUT2D eigenvalue weighted by atomic mass is 16.6. The summed E-state index contributed by atoms with van der Waals surface area (Å²) in [6, 6.07) is -2.69. The third-order valence-electron chi connectivity index (χ3n) is 8.74. The van der Waals surface area contributed by atoms with Gasteiger partial charge in [0.05, 0.1) is 6.04 Å². The molecule has 0 radical (unpaired) electrons. The van der Waals surface area contributed by atoms with Crippen molar-refractivity contribution < 1.29 is 28.7 Å². The van der Waals surface area contributed by atoms with Gasteiger partial charge in [0.1, 0.15) is 17.7 Å². The number of allylic oxidation sites excluding steroid dienone is 1. The van der Waals surface area contributed by atoms with Crippen LogP contribution in [0.5, 0.6) is 0 Å². The van der Waals surface area contributed by atoms with E-state index >= 15 is 0 Å². The number of nitrogens with zero attached hydrogens (tertiary/aromatic N) is 1. The van der Waals surface area contributed by atoms with Gasteiger partial charge in [0, 0.05) is 13.1 Å².